The molecule has 1 unspecified atom stereocenters. The molecule has 4 heteroatoms. The molecule has 1 heterocycles. The summed E-state index contributed by atoms with van der Waals surface area (Å²) in [6, 6.07) is 4.15. The predicted molar refractivity (Wildman–Crippen MR) is 68.5 cm³/mol. The van der Waals surface area contributed by atoms with Gasteiger partial charge in [0.15, 0.2) is 0 Å². The zero-order valence-corrected chi connectivity index (χ0v) is 10.8. The van der Waals surface area contributed by atoms with Gasteiger partial charge in [0, 0.05) is 30.4 Å². The van der Waals surface area contributed by atoms with Crippen LogP contribution in [0.15, 0.2) is 17.5 Å². The Kier molecular flexibility index (Phi) is 5.49. The molecular formula is C12H20N2OS. The molecule has 2 N–H and O–H groups in total. The van der Waals surface area contributed by atoms with Crippen LogP contribution in [0.3, 0.4) is 0 Å². The van der Waals surface area contributed by atoms with E-state index in [0.29, 0.717) is 6.54 Å². The summed E-state index contributed by atoms with van der Waals surface area (Å²) < 4.78 is 0. The standard InChI is InChI=1S/C12H20N2OS/c1-3-14(12(15)10(2)9-13)7-6-11-5-4-8-16-11/h4-5,8,10H,3,6-7,9,13H2,1-2H3. The average Bonchev–Trinajstić information content (AvgIpc) is 2.81. The van der Waals surface area contributed by atoms with E-state index in [4.69, 9.17) is 5.73 Å². The molecule has 16 heavy (non-hydrogen) atoms. The Bertz CT molecular complexity index is 311. The van der Waals surface area contributed by atoms with E-state index in [-0.39, 0.29) is 11.8 Å². The molecule has 0 radical (unpaired) electrons. The van der Waals surface area contributed by atoms with Crippen LogP contribution in [0.1, 0.15) is 18.7 Å². The molecule has 1 aromatic heterocycles. The van der Waals surface area contributed by atoms with E-state index in [1.807, 2.05) is 24.8 Å². The summed E-state index contributed by atoms with van der Waals surface area (Å²) in [6.07, 6.45) is 0.939. The Hall–Kier alpha value is -0.870. The number of hydrogen-bond acceptors (Lipinski definition) is 3. The van der Waals surface area contributed by atoms with Crippen molar-refractivity contribution in [2.75, 3.05) is 19.6 Å². The molecule has 3 nitrogen and oxygen atoms in total. The molecule has 0 aromatic carbocycles. The van der Waals surface area contributed by atoms with Crippen molar-refractivity contribution in [3.8, 4) is 0 Å². The molecule has 0 spiro atoms. The van der Waals surface area contributed by atoms with Crippen LogP contribution in [0.5, 0.6) is 0 Å². The topological polar surface area (TPSA) is 46.3 Å². The minimum Gasteiger partial charge on any atom is -0.342 e. The van der Waals surface area contributed by atoms with Crippen LogP contribution in [0.2, 0.25) is 0 Å². The molecule has 0 saturated heterocycles. The Morgan fingerprint density at radius 3 is 2.88 bits per heavy atom. The van der Waals surface area contributed by atoms with E-state index in [1.54, 1.807) is 11.3 Å². The number of likely N-dealkylation sites (N-methyl/N-ethyl adjacent to an activating group) is 1. The number of carbonyl (C=O) groups is 1. The SMILES string of the molecule is CCN(CCc1cccs1)C(=O)C(C)CN. The molecule has 0 bridgehead atoms. The van der Waals surface area contributed by atoms with Crippen molar-refractivity contribution in [3.63, 3.8) is 0 Å². The zero-order valence-electron chi connectivity index (χ0n) is 9.98. The van der Waals surface area contributed by atoms with E-state index in [2.05, 4.69) is 11.4 Å². The van der Waals surface area contributed by atoms with Gasteiger partial charge in [-0.25, -0.2) is 0 Å². The molecule has 0 aliphatic carbocycles. The minimum absolute atomic E-state index is 0.0664. The molecule has 1 atom stereocenters. The third-order valence-electron chi connectivity index (χ3n) is 2.68. The van der Waals surface area contributed by atoms with E-state index < -0.39 is 0 Å². The first kappa shape index (κ1) is 13.2. The fourth-order valence-electron chi connectivity index (χ4n) is 1.54. The van der Waals surface area contributed by atoms with E-state index >= 15 is 0 Å². The van der Waals surface area contributed by atoms with Crippen LogP contribution in [-0.2, 0) is 11.2 Å². The monoisotopic (exact) mass is 240 g/mol. The van der Waals surface area contributed by atoms with E-state index in [1.165, 1.54) is 4.88 Å². The highest BCUT2D eigenvalue weighted by molar-refractivity contribution is 7.09. The van der Waals surface area contributed by atoms with Crippen molar-refractivity contribution in [1.29, 1.82) is 0 Å². The van der Waals surface area contributed by atoms with Crippen molar-refractivity contribution < 1.29 is 4.79 Å². The van der Waals surface area contributed by atoms with Gasteiger partial charge in [0.05, 0.1) is 0 Å². The summed E-state index contributed by atoms with van der Waals surface area (Å²) in [5.41, 5.74) is 5.51. The summed E-state index contributed by atoms with van der Waals surface area (Å²) in [7, 11) is 0. The smallest absolute Gasteiger partial charge is 0.226 e. The maximum Gasteiger partial charge on any atom is 0.226 e. The van der Waals surface area contributed by atoms with Crippen LogP contribution in [0.4, 0.5) is 0 Å². The predicted octanol–water partition coefficient (Wildman–Crippen LogP) is 1.73. The van der Waals surface area contributed by atoms with Gasteiger partial charge >= 0.3 is 0 Å². The lowest BCUT2D eigenvalue weighted by Gasteiger charge is -2.23. The molecule has 0 saturated carbocycles. The quantitative estimate of drug-likeness (QED) is 0.823. The van der Waals surface area contributed by atoms with Crippen molar-refractivity contribution in [2.45, 2.75) is 20.3 Å². The first-order chi connectivity index (χ1) is 7.69. The third kappa shape index (κ3) is 3.61. The summed E-state index contributed by atoms with van der Waals surface area (Å²) in [6.45, 7) is 5.87. The molecule has 0 fully saturated rings. The lowest BCUT2D eigenvalue weighted by atomic mass is 10.1. The number of hydrogen-bond donors (Lipinski definition) is 1. The number of amides is 1. The average molecular weight is 240 g/mol. The van der Waals surface area contributed by atoms with Gasteiger partial charge in [-0.15, -0.1) is 11.3 Å². The normalized spacial score (nSPS) is 12.4. The maximum absolute atomic E-state index is 11.9. The molecule has 1 rings (SSSR count). The fraction of sp³-hybridized carbons (Fsp3) is 0.583. The van der Waals surface area contributed by atoms with Crippen LogP contribution in [0, 0.1) is 5.92 Å². The van der Waals surface area contributed by atoms with E-state index in [0.717, 1.165) is 19.5 Å². The van der Waals surface area contributed by atoms with Crippen LogP contribution in [-0.4, -0.2) is 30.4 Å². The van der Waals surface area contributed by atoms with Crippen molar-refractivity contribution in [2.24, 2.45) is 11.7 Å². The largest absolute Gasteiger partial charge is 0.342 e. The maximum atomic E-state index is 11.9. The summed E-state index contributed by atoms with van der Waals surface area (Å²) in [5, 5.41) is 2.07. The second-order valence-electron chi connectivity index (χ2n) is 3.88. The molecule has 0 aliphatic heterocycles. The number of nitrogens with zero attached hydrogens (tertiary/aromatic N) is 1. The van der Waals surface area contributed by atoms with Crippen LogP contribution < -0.4 is 5.73 Å². The molecule has 90 valence electrons. The van der Waals surface area contributed by atoms with Crippen LogP contribution >= 0.6 is 11.3 Å². The highest BCUT2D eigenvalue weighted by atomic mass is 32.1. The van der Waals surface area contributed by atoms with Gasteiger partial charge in [-0.3, -0.25) is 4.79 Å². The molecular weight excluding hydrogens is 220 g/mol. The highest BCUT2D eigenvalue weighted by Crippen LogP contribution is 2.10. The first-order valence-corrected chi connectivity index (χ1v) is 6.58. The highest BCUT2D eigenvalue weighted by Gasteiger charge is 2.17. The lowest BCUT2D eigenvalue weighted by Crippen LogP contribution is -2.38. The van der Waals surface area contributed by atoms with Crippen molar-refractivity contribution in [3.05, 3.63) is 22.4 Å². The lowest BCUT2D eigenvalue weighted by molar-refractivity contribution is -0.134. The van der Waals surface area contributed by atoms with Crippen molar-refractivity contribution >= 4 is 17.2 Å². The fourth-order valence-corrected chi connectivity index (χ4v) is 2.23. The van der Waals surface area contributed by atoms with Gasteiger partial charge in [0.2, 0.25) is 5.91 Å². The number of rotatable bonds is 6. The molecule has 1 aromatic rings. The van der Waals surface area contributed by atoms with Gasteiger partial charge in [-0.1, -0.05) is 13.0 Å². The van der Waals surface area contributed by atoms with Gasteiger partial charge in [-0.05, 0) is 24.8 Å². The number of nitrogens with two attached hydrogens (primary N) is 1. The first-order valence-electron chi connectivity index (χ1n) is 5.70. The second-order valence-corrected chi connectivity index (χ2v) is 4.92. The van der Waals surface area contributed by atoms with Gasteiger partial charge in [0.1, 0.15) is 0 Å². The Balaban J connectivity index is 2.45. The van der Waals surface area contributed by atoms with Gasteiger partial charge < -0.3 is 10.6 Å². The second kappa shape index (κ2) is 6.66. The Labute approximate surface area is 101 Å². The Morgan fingerprint density at radius 1 is 1.62 bits per heavy atom. The summed E-state index contributed by atoms with van der Waals surface area (Å²) in [5.74, 6) is 0.102. The van der Waals surface area contributed by atoms with Gasteiger partial charge in [0.25, 0.3) is 0 Å². The van der Waals surface area contributed by atoms with E-state index in [9.17, 15) is 4.79 Å². The molecule has 1 amide bonds. The summed E-state index contributed by atoms with van der Waals surface area (Å²) >= 11 is 1.74. The zero-order chi connectivity index (χ0) is 12.0. The minimum atomic E-state index is -0.0664. The number of carbonyl (C=O) groups excluding carboxylic acids is 1. The third-order valence-corrected chi connectivity index (χ3v) is 3.61. The Morgan fingerprint density at radius 2 is 2.38 bits per heavy atom. The molecule has 0 aliphatic rings. The number of thiophene rings is 1. The summed E-state index contributed by atoms with van der Waals surface area (Å²) in [4.78, 5) is 15.1. The van der Waals surface area contributed by atoms with Crippen molar-refractivity contribution in [1.82, 2.24) is 4.90 Å². The van der Waals surface area contributed by atoms with Crippen LogP contribution in [0.25, 0.3) is 0 Å². The van der Waals surface area contributed by atoms with Gasteiger partial charge in [-0.2, -0.15) is 0 Å².